The average Bonchev–Trinajstić information content (AvgIpc) is 3.02. The van der Waals surface area contributed by atoms with E-state index in [9.17, 15) is 19.7 Å². The van der Waals surface area contributed by atoms with Gasteiger partial charge < -0.3 is 15.4 Å². The highest BCUT2D eigenvalue weighted by Gasteiger charge is 2.32. The van der Waals surface area contributed by atoms with Crippen LogP contribution in [-0.4, -0.2) is 33.8 Å². The van der Waals surface area contributed by atoms with Crippen LogP contribution in [0.15, 0.2) is 53.5 Å². The van der Waals surface area contributed by atoms with Crippen LogP contribution in [0.25, 0.3) is 0 Å². The summed E-state index contributed by atoms with van der Waals surface area (Å²) in [4.78, 5) is 39.2. The number of anilines is 1. The summed E-state index contributed by atoms with van der Waals surface area (Å²) in [6, 6.07) is 12.9. The van der Waals surface area contributed by atoms with E-state index in [1.54, 1.807) is 30.3 Å². The van der Waals surface area contributed by atoms with Gasteiger partial charge in [0.25, 0.3) is 5.69 Å². The number of nitro groups is 1. The van der Waals surface area contributed by atoms with Gasteiger partial charge in [-0.25, -0.2) is 4.99 Å². The topological polar surface area (TPSA) is 123 Å². The second kappa shape index (κ2) is 9.20. The lowest BCUT2D eigenvalue weighted by atomic mass is 10.2. The number of ether oxygens (including phenoxy) is 1. The number of amidine groups is 1. The third kappa shape index (κ3) is 5.32. The van der Waals surface area contributed by atoms with Crippen LogP contribution in [0.4, 0.5) is 17.1 Å². The standard InChI is InChI=1S/C19H18N4O5S/c1-2-28-13-9-7-12(8-10-13)20-19-22-18(25)16(29-19)11-17(24)21-14-5-3-4-6-15(14)23(26)27/h3-10,16H,2,11H2,1H3,(H,21,24)(H,20,22,25). The van der Waals surface area contributed by atoms with Gasteiger partial charge in [0, 0.05) is 12.5 Å². The molecule has 1 saturated heterocycles. The van der Waals surface area contributed by atoms with Crippen molar-refractivity contribution in [3.8, 4) is 5.75 Å². The average molecular weight is 414 g/mol. The fourth-order valence-electron chi connectivity index (χ4n) is 2.60. The summed E-state index contributed by atoms with van der Waals surface area (Å²) < 4.78 is 5.37. The molecule has 0 bridgehead atoms. The van der Waals surface area contributed by atoms with Crippen molar-refractivity contribution in [1.29, 1.82) is 0 Å². The number of benzene rings is 2. The molecule has 2 N–H and O–H groups in total. The third-order valence-electron chi connectivity index (χ3n) is 3.90. The monoisotopic (exact) mass is 414 g/mol. The van der Waals surface area contributed by atoms with Crippen LogP contribution in [0.2, 0.25) is 0 Å². The van der Waals surface area contributed by atoms with Gasteiger partial charge in [0.05, 0.1) is 17.2 Å². The van der Waals surface area contributed by atoms with E-state index in [0.29, 0.717) is 17.5 Å². The first-order valence-corrected chi connectivity index (χ1v) is 9.66. The lowest BCUT2D eigenvalue weighted by Gasteiger charge is -2.07. The minimum Gasteiger partial charge on any atom is -0.494 e. The van der Waals surface area contributed by atoms with Crippen LogP contribution in [0.3, 0.4) is 0 Å². The van der Waals surface area contributed by atoms with Crippen LogP contribution >= 0.6 is 11.8 Å². The zero-order valence-electron chi connectivity index (χ0n) is 15.5. The summed E-state index contributed by atoms with van der Waals surface area (Å²) in [5.41, 5.74) is 0.526. The maximum absolute atomic E-state index is 12.3. The quantitative estimate of drug-likeness (QED) is 0.530. The van der Waals surface area contributed by atoms with Crippen molar-refractivity contribution in [3.05, 3.63) is 58.6 Å². The minimum absolute atomic E-state index is 0.0918. The Labute approximate surface area is 170 Å². The van der Waals surface area contributed by atoms with Crippen molar-refractivity contribution in [2.24, 2.45) is 4.99 Å². The lowest BCUT2D eigenvalue weighted by molar-refractivity contribution is -0.383. The zero-order valence-corrected chi connectivity index (χ0v) is 16.3. The number of aliphatic imine (C=N–C) groups is 1. The third-order valence-corrected chi connectivity index (χ3v) is 4.98. The number of para-hydroxylation sites is 2. The van der Waals surface area contributed by atoms with Crippen molar-refractivity contribution in [3.63, 3.8) is 0 Å². The Morgan fingerprint density at radius 3 is 2.69 bits per heavy atom. The van der Waals surface area contributed by atoms with Gasteiger partial charge in [0.2, 0.25) is 11.8 Å². The summed E-state index contributed by atoms with van der Waals surface area (Å²) in [5.74, 6) is -0.101. The number of thioether (sulfide) groups is 1. The van der Waals surface area contributed by atoms with Crippen molar-refractivity contribution < 1.29 is 19.2 Å². The summed E-state index contributed by atoms with van der Waals surface area (Å²) >= 11 is 1.14. The van der Waals surface area contributed by atoms with E-state index in [1.807, 2.05) is 6.92 Å². The molecule has 0 saturated carbocycles. The molecular formula is C19H18N4O5S. The largest absolute Gasteiger partial charge is 0.494 e. The minimum atomic E-state index is -0.667. The molecule has 1 atom stereocenters. The number of amides is 2. The van der Waals surface area contributed by atoms with E-state index in [2.05, 4.69) is 15.6 Å². The number of nitro benzene ring substituents is 1. The van der Waals surface area contributed by atoms with Gasteiger partial charge in [-0.2, -0.15) is 0 Å². The first-order chi connectivity index (χ1) is 14.0. The molecule has 2 aromatic rings. The number of hydrogen-bond acceptors (Lipinski definition) is 7. The number of hydrogen-bond donors (Lipinski definition) is 2. The Balaban J connectivity index is 1.62. The number of carbonyl (C=O) groups excluding carboxylic acids is 2. The first kappa shape index (κ1) is 20.3. The molecular weight excluding hydrogens is 396 g/mol. The maximum atomic E-state index is 12.3. The Kier molecular flexibility index (Phi) is 6.45. The molecule has 1 aliphatic rings. The maximum Gasteiger partial charge on any atom is 0.292 e. The molecule has 1 aliphatic heterocycles. The van der Waals surface area contributed by atoms with Gasteiger partial charge in [-0.05, 0) is 37.3 Å². The predicted octanol–water partition coefficient (Wildman–Crippen LogP) is 3.24. The molecule has 0 aromatic heterocycles. The summed E-state index contributed by atoms with van der Waals surface area (Å²) in [6.45, 7) is 2.46. The highest BCUT2D eigenvalue weighted by atomic mass is 32.2. The van der Waals surface area contributed by atoms with E-state index in [1.165, 1.54) is 18.2 Å². The van der Waals surface area contributed by atoms with Crippen LogP contribution in [-0.2, 0) is 9.59 Å². The van der Waals surface area contributed by atoms with Gasteiger partial charge >= 0.3 is 0 Å². The van der Waals surface area contributed by atoms with Crippen LogP contribution in [0, 0.1) is 10.1 Å². The number of rotatable bonds is 7. The Hall–Kier alpha value is -3.40. The molecule has 3 rings (SSSR count). The highest BCUT2D eigenvalue weighted by molar-refractivity contribution is 8.15. The molecule has 10 heteroatoms. The van der Waals surface area contributed by atoms with Crippen molar-refractivity contribution in [1.82, 2.24) is 5.32 Å². The first-order valence-electron chi connectivity index (χ1n) is 8.78. The molecule has 1 fully saturated rings. The molecule has 9 nitrogen and oxygen atoms in total. The predicted molar refractivity (Wildman–Crippen MR) is 111 cm³/mol. The summed E-state index contributed by atoms with van der Waals surface area (Å²) in [5, 5.41) is 15.9. The SMILES string of the molecule is CCOc1ccc(N=C2NC(=O)C(CC(=O)Nc3ccccc3[N+](=O)[O-])S2)cc1. The fourth-order valence-corrected chi connectivity index (χ4v) is 3.59. The summed E-state index contributed by atoms with van der Waals surface area (Å²) in [6.07, 6.45) is -0.134. The number of nitrogens with zero attached hydrogens (tertiary/aromatic N) is 2. The normalized spacial score (nSPS) is 17.1. The van der Waals surface area contributed by atoms with Crippen molar-refractivity contribution in [2.45, 2.75) is 18.6 Å². The zero-order chi connectivity index (χ0) is 20.8. The Bertz CT molecular complexity index is 961. The highest BCUT2D eigenvalue weighted by Crippen LogP contribution is 2.28. The van der Waals surface area contributed by atoms with Crippen LogP contribution in [0.1, 0.15) is 13.3 Å². The van der Waals surface area contributed by atoms with Gasteiger partial charge in [-0.15, -0.1) is 0 Å². The van der Waals surface area contributed by atoms with E-state index in [4.69, 9.17) is 4.74 Å². The molecule has 2 amide bonds. The Morgan fingerprint density at radius 2 is 2.00 bits per heavy atom. The molecule has 0 spiro atoms. The molecule has 0 aliphatic carbocycles. The Morgan fingerprint density at radius 1 is 1.28 bits per heavy atom. The fraction of sp³-hybridized carbons (Fsp3) is 0.211. The van der Waals surface area contributed by atoms with Crippen molar-refractivity contribution >= 4 is 45.8 Å². The summed E-state index contributed by atoms with van der Waals surface area (Å²) in [7, 11) is 0. The van der Waals surface area contributed by atoms with E-state index >= 15 is 0 Å². The smallest absolute Gasteiger partial charge is 0.292 e. The second-order valence-electron chi connectivity index (χ2n) is 5.97. The van der Waals surface area contributed by atoms with E-state index in [-0.39, 0.29) is 23.7 Å². The van der Waals surface area contributed by atoms with Crippen LogP contribution < -0.4 is 15.4 Å². The lowest BCUT2D eigenvalue weighted by Crippen LogP contribution is -2.28. The van der Waals surface area contributed by atoms with E-state index in [0.717, 1.165) is 17.5 Å². The molecule has 2 aromatic carbocycles. The number of carbonyl (C=O) groups is 2. The van der Waals surface area contributed by atoms with Gasteiger partial charge in [-0.1, -0.05) is 23.9 Å². The van der Waals surface area contributed by atoms with E-state index < -0.39 is 16.1 Å². The molecule has 150 valence electrons. The molecule has 29 heavy (non-hydrogen) atoms. The van der Waals surface area contributed by atoms with Gasteiger partial charge in [-0.3, -0.25) is 19.7 Å². The molecule has 0 radical (unpaired) electrons. The molecule has 1 heterocycles. The van der Waals surface area contributed by atoms with Crippen molar-refractivity contribution in [2.75, 3.05) is 11.9 Å². The van der Waals surface area contributed by atoms with Gasteiger partial charge in [0.1, 0.15) is 16.7 Å². The van der Waals surface area contributed by atoms with Crippen LogP contribution in [0.5, 0.6) is 5.75 Å². The number of nitrogens with one attached hydrogen (secondary N) is 2. The molecule has 1 unspecified atom stereocenters. The second-order valence-corrected chi connectivity index (χ2v) is 7.16. The van der Waals surface area contributed by atoms with Gasteiger partial charge in [0.15, 0.2) is 5.17 Å².